The molecule has 0 heterocycles. The number of esters is 1. The summed E-state index contributed by atoms with van der Waals surface area (Å²) in [6.45, 7) is 3.90. The van der Waals surface area contributed by atoms with Crippen LogP contribution in [0.4, 0.5) is 0 Å². The molecule has 86 valence electrons. The van der Waals surface area contributed by atoms with Crippen LogP contribution in [-0.4, -0.2) is 5.97 Å². The maximum Gasteiger partial charge on any atom is 0.343 e. The summed E-state index contributed by atoms with van der Waals surface area (Å²) >= 11 is 0. The van der Waals surface area contributed by atoms with E-state index < -0.39 is 0 Å². The third-order valence-corrected chi connectivity index (χ3v) is 2.56. The van der Waals surface area contributed by atoms with E-state index in [1.165, 1.54) is 0 Å². The summed E-state index contributed by atoms with van der Waals surface area (Å²) in [6.07, 6.45) is 0. The zero-order chi connectivity index (χ0) is 12.3. The molecule has 0 fully saturated rings. The van der Waals surface area contributed by atoms with Crippen LogP contribution in [-0.2, 0) is 0 Å². The lowest BCUT2D eigenvalue weighted by atomic mass is 10.1. The first-order valence-electron chi connectivity index (χ1n) is 5.51. The van der Waals surface area contributed by atoms with Crippen molar-refractivity contribution in [3.05, 3.63) is 65.2 Å². The van der Waals surface area contributed by atoms with Crippen molar-refractivity contribution in [2.75, 3.05) is 0 Å². The number of hydrogen-bond donors (Lipinski definition) is 0. The molecule has 2 nitrogen and oxygen atoms in total. The predicted molar refractivity (Wildman–Crippen MR) is 67.3 cm³/mol. The Labute approximate surface area is 101 Å². The van der Waals surface area contributed by atoms with Crippen molar-refractivity contribution >= 4 is 5.97 Å². The van der Waals surface area contributed by atoms with Crippen molar-refractivity contribution < 1.29 is 9.53 Å². The summed E-state index contributed by atoms with van der Waals surface area (Å²) < 4.78 is 5.37. The standard InChI is InChI=1S/C15H14O2/c1-11-8-9-12(2)14(10-11)17-15(16)13-6-4-3-5-7-13/h3-10H,1-2H3. The molecule has 0 N–H and O–H groups in total. The van der Waals surface area contributed by atoms with Crippen LogP contribution in [0, 0.1) is 13.8 Å². The molecule has 0 aliphatic heterocycles. The van der Waals surface area contributed by atoms with E-state index in [-0.39, 0.29) is 5.97 Å². The van der Waals surface area contributed by atoms with Crippen LogP contribution < -0.4 is 4.74 Å². The summed E-state index contributed by atoms with van der Waals surface area (Å²) in [5.41, 5.74) is 2.60. The van der Waals surface area contributed by atoms with Crippen LogP contribution in [0.3, 0.4) is 0 Å². The maximum absolute atomic E-state index is 11.9. The maximum atomic E-state index is 11.9. The van der Waals surface area contributed by atoms with Crippen LogP contribution in [0.1, 0.15) is 21.5 Å². The van der Waals surface area contributed by atoms with Crippen LogP contribution in [0.5, 0.6) is 5.75 Å². The number of carbonyl (C=O) groups is 1. The topological polar surface area (TPSA) is 26.3 Å². The van der Waals surface area contributed by atoms with E-state index in [1.54, 1.807) is 12.1 Å². The molecule has 17 heavy (non-hydrogen) atoms. The van der Waals surface area contributed by atoms with E-state index >= 15 is 0 Å². The van der Waals surface area contributed by atoms with Gasteiger partial charge in [0, 0.05) is 0 Å². The monoisotopic (exact) mass is 226 g/mol. The lowest BCUT2D eigenvalue weighted by Gasteiger charge is -2.08. The molecular formula is C15H14O2. The van der Waals surface area contributed by atoms with E-state index in [0.717, 1.165) is 11.1 Å². The van der Waals surface area contributed by atoms with Crippen LogP contribution >= 0.6 is 0 Å². The fourth-order valence-corrected chi connectivity index (χ4v) is 1.55. The van der Waals surface area contributed by atoms with E-state index in [9.17, 15) is 4.79 Å². The Morgan fingerprint density at radius 3 is 2.41 bits per heavy atom. The number of ether oxygens (including phenoxy) is 1. The van der Waals surface area contributed by atoms with E-state index in [2.05, 4.69) is 0 Å². The summed E-state index contributed by atoms with van der Waals surface area (Å²) in [6, 6.07) is 14.8. The average molecular weight is 226 g/mol. The number of benzene rings is 2. The fraction of sp³-hybridized carbons (Fsp3) is 0.133. The van der Waals surface area contributed by atoms with E-state index in [4.69, 9.17) is 4.74 Å². The second-order valence-electron chi connectivity index (χ2n) is 4.02. The molecule has 0 atom stereocenters. The van der Waals surface area contributed by atoms with Crippen molar-refractivity contribution in [3.8, 4) is 5.75 Å². The van der Waals surface area contributed by atoms with Gasteiger partial charge >= 0.3 is 5.97 Å². The molecule has 2 aromatic carbocycles. The van der Waals surface area contributed by atoms with Crippen molar-refractivity contribution in [1.82, 2.24) is 0 Å². The Balaban J connectivity index is 2.22. The van der Waals surface area contributed by atoms with Gasteiger partial charge in [-0.2, -0.15) is 0 Å². The van der Waals surface area contributed by atoms with Gasteiger partial charge in [0.15, 0.2) is 0 Å². The Kier molecular flexibility index (Phi) is 3.24. The zero-order valence-electron chi connectivity index (χ0n) is 9.94. The van der Waals surface area contributed by atoms with E-state index in [0.29, 0.717) is 11.3 Å². The van der Waals surface area contributed by atoms with Crippen molar-refractivity contribution in [3.63, 3.8) is 0 Å². The summed E-state index contributed by atoms with van der Waals surface area (Å²) in [5.74, 6) is 0.304. The van der Waals surface area contributed by atoms with Crippen molar-refractivity contribution in [2.24, 2.45) is 0 Å². The highest BCUT2D eigenvalue weighted by Crippen LogP contribution is 2.20. The fourth-order valence-electron chi connectivity index (χ4n) is 1.55. The molecule has 0 aliphatic carbocycles. The molecule has 0 bridgehead atoms. The molecule has 0 aromatic heterocycles. The summed E-state index contributed by atoms with van der Waals surface area (Å²) in [4.78, 5) is 11.9. The van der Waals surface area contributed by atoms with Gasteiger partial charge in [0.25, 0.3) is 0 Å². The summed E-state index contributed by atoms with van der Waals surface area (Å²) in [5, 5.41) is 0. The second kappa shape index (κ2) is 4.83. The third-order valence-electron chi connectivity index (χ3n) is 2.56. The first-order valence-corrected chi connectivity index (χ1v) is 5.51. The highest BCUT2D eigenvalue weighted by atomic mass is 16.5. The van der Waals surface area contributed by atoms with Crippen molar-refractivity contribution in [2.45, 2.75) is 13.8 Å². The molecule has 0 aliphatic rings. The molecule has 0 spiro atoms. The van der Waals surface area contributed by atoms with Gasteiger partial charge in [0.1, 0.15) is 5.75 Å². The molecule has 0 unspecified atom stereocenters. The van der Waals surface area contributed by atoms with Gasteiger partial charge in [-0.25, -0.2) is 4.79 Å². The van der Waals surface area contributed by atoms with Crippen molar-refractivity contribution in [1.29, 1.82) is 0 Å². The molecule has 2 aromatic rings. The van der Waals surface area contributed by atoms with Crippen LogP contribution in [0.2, 0.25) is 0 Å². The Hall–Kier alpha value is -2.09. The average Bonchev–Trinajstić information content (AvgIpc) is 2.35. The molecule has 0 saturated heterocycles. The lowest BCUT2D eigenvalue weighted by molar-refractivity contribution is 0.0733. The smallest absolute Gasteiger partial charge is 0.343 e. The quantitative estimate of drug-likeness (QED) is 0.578. The van der Waals surface area contributed by atoms with Gasteiger partial charge in [0.2, 0.25) is 0 Å². The minimum Gasteiger partial charge on any atom is -0.423 e. The molecule has 0 amide bonds. The van der Waals surface area contributed by atoms with Crippen LogP contribution in [0.15, 0.2) is 48.5 Å². The normalized spacial score (nSPS) is 10.0. The third kappa shape index (κ3) is 2.72. The summed E-state index contributed by atoms with van der Waals surface area (Å²) in [7, 11) is 0. The molecule has 0 saturated carbocycles. The van der Waals surface area contributed by atoms with E-state index in [1.807, 2.05) is 50.2 Å². The minimum atomic E-state index is -0.320. The number of rotatable bonds is 2. The van der Waals surface area contributed by atoms with Gasteiger partial charge in [-0.1, -0.05) is 30.3 Å². The minimum absolute atomic E-state index is 0.320. The van der Waals surface area contributed by atoms with Gasteiger partial charge in [-0.3, -0.25) is 0 Å². The first kappa shape index (κ1) is 11.4. The largest absolute Gasteiger partial charge is 0.423 e. The zero-order valence-corrected chi connectivity index (χ0v) is 9.94. The second-order valence-corrected chi connectivity index (χ2v) is 4.02. The molecule has 2 heteroatoms. The molecule has 0 radical (unpaired) electrons. The Morgan fingerprint density at radius 1 is 1.00 bits per heavy atom. The highest BCUT2D eigenvalue weighted by molar-refractivity contribution is 5.91. The number of hydrogen-bond acceptors (Lipinski definition) is 2. The van der Waals surface area contributed by atoms with Gasteiger partial charge in [-0.15, -0.1) is 0 Å². The first-order chi connectivity index (χ1) is 8.16. The SMILES string of the molecule is Cc1ccc(C)c(OC(=O)c2ccccc2)c1. The molecular weight excluding hydrogens is 212 g/mol. The molecule has 2 rings (SSSR count). The van der Waals surface area contributed by atoms with Gasteiger partial charge in [0.05, 0.1) is 5.56 Å². The highest BCUT2D eigenvalue weighted by Gasteiger charge is 2.09. The number of carbonyl (C=O) groups excluding carboxylic acids is 1. The lowest BCUT2D eigenvalue weighted by Crippen LogP contribution is -2.09. The Morgan fingerprint density at radius 2 is 1.71 bits per heavy atom. The van der Waals surface area contributed by atoms with Crippen LogP contribution in [0.25, 0.3) is 0 Å². The Bertz CT molecular complexity index is 530. The van der Waals surface area contributed by atoms with Gasteiger partial charge < -0.3 is 4.74 Å². The van der Waals surface area contributed by atoms with Gasteiger partial charge in [-0.05, 0) is 43.2 Å². The predicted octanol–water partition coefficient (Wildman–Crippen LogP) is 3.52. The number of aryl methyl sites for hydroxylation is 2.